The maximum atomic E-state index is 14.8. The van der Waals surface area contributed by atoms with Crippen LogP contribution in [0.15, 0.2) is 43.5 Å². The van der Waals surface area contributed by atoms with Gasteiger partial charge in [0.2, 0.25) is 5.91 Å². The van der Waals surface area contributed by atoms with E-state index < -0.39 is 28.7 Å². The highest BCUT2D eigenvalue weighted by atomic mass is 79.9. The van der Waals surface area contributed by atoms with Crippen molar-refractivity contribution >= 4 is 51.2 Å². The second kappa shape index (κ2) is 12.8. The Morgan fingerprint density at radius 1 is 1.27 bits per heavy atom. The van der Waals surface area contributed by atoms with Crippen LogP contribution in [0.5, 0.6) is 0 Å². The molecule has 0 aromatic heterocycles. The number of nitrogens with zero attached hydrogens (tertiary/aromatic N) is 2. The van der Waals surface area contributed by atoms with Crippen molar-refractivity contribution in [3.05, 3.63) is 54.6 Å². The van der Waals surface area contributed by atoms with Gasteiger partial charge in [-0.3, -0.25) is 14.4 Å². The minimum Gasteiger partial charge on any atom is -0.465 e. The summed E-state index contributed by atoms with van der Waals surface area (Å²) in [5.41, 5.74) is 2.71. The number of amides is 2. The fourth-order valence-electron chi connectivity index (χ4n) is 6.88. The molecule has 3 fully saturated rings. The molecule has 1 spiro atoms. The van der Waals surface area contributed by atoms with Gasteiger partial charge in [-0.2, -0.15) is 0 Å². The first-order chi connectivity index (χ1) is 19.2. The first-order valence-electron chi connectivity index (χ1n) is 14.2. The van der Waals surface area contributed by atoms with Crippen LogP contribution in [0.3, 0.4) is 0 Å². The van der Waals surface area contributed by atoms with E-state index in [9.17, 15) is 19.5 Å². The van der Waals surface area contributed by atoms with Crippen LogP contribution in [0, 0.1) is 25.7 Å². The number of anilines is 1. The second-order valence-corrected chi connectivity index (χ2v) is 13.8. The lowest BCUT2D eigenvalue weighted by Gasteiger charge is -2.40. The third-order valence-corrected chi connectivity index (χ3v) is 11.9. The van der Waals surface area contributed by atoms with Crippen molar-refractivity contribution in [2.24, 2.45) is 11.8 Å². The van der Waals surface area contributed by atoms with E-state index in [1.54, 1.807) is 27.6 Å². The Balaban J connectivity index is 1.76. The molecular weight excluding hydrogens is 592 g/mol. The number of alkyl halides is 1. The van der Waals surface area contributed by atoms with Crippen molar-refractivity contribution in [3.8, 4) is 0 Å². The van der Waals surface area contributed by atoms with Gasteiger partial charge in [-0.05, 0) is 57.1 Å². The number of hydrogen-bond acceptors (Lipinski definition) is 6. The number of fused-ring (bicyclic) bond motifs is 1. The highest BCUT2D eigenvalue weighted by molar-refractivity contribution is 9.09. The van der Waals surface area contributed by atoms with Gasteiger partial charge in [0.1, 0.15) is 6.04 Å². The predicted octanol–water partition coefficient (Wildman–Crippen LogP) is 4.96. The molecule has 3 heterocycles. The SMILES string of the molecule is C=CCCCCOC(=O)[C@H]1[C@@H]2SC3(CC2Br)C(C(=O)N(CC=C)c2c(C)cccc2C)N([C@@H](CC)CO)C(=O)[C@H]13. The molecule has 9 heteroatoms. The number of halogens is 1. The van der Waals surface area contributed by atoms with Gasteiger partial charge in [0.25, 0.3) is 5.91 Å². The van der Waals surface area contributed by atoms with Gasteiger partial charge < -0.3 is 19.6 Å². The molecule has 0 aliphatic carbocycles. The molecule has 1 N–H and O–H groups in total. The fraction of sp³-hybridized carbons (Fsp3) is 0.581. The van der Waals surface area contributed by atoms with E-state index in [1.165, 1.54) is 0 Å². The van der Waals surface area contributed by atoms with Crippen LogP contribution in [-0.2, 0) is 19.1 Å². The van der Waals surface area contributed by atoms with Crippen LogP contribution in [0.4, 0.5) is 5.69 Å². The normalized spacial score (nSPS) is 29.3. The molecule has 3 unspecified atom stereocenters. The summed E-state index contributed by atoms with van der Waals surface area (Å²) < 4.78 is 4.91. The smallest absolute Gasteiger partial charge is 0.310 e. The summed E-state index contributed by atoms with van der Waals surface area (Å²) in [6.45, 7) is 13.8. The zero-order valence-corrected chi connectivity index (χ0v) is 26.1. The number of carbonyl (C=O) groups excluding carboxylic acids is 3. The first-order valence-corrected chi connectivity index (χ1v) is 16.0. The molecule has 218 valence electrons. The number of rotatable bonds is 13. The molecule has 1 aromatic rings. The molecule has 2 amide bonds. The number of allylic oxidation sites excluding steroid dienone is 1. The number of likely N-dealkylation sites (tertiary alicyclic amines) is 1. The van der Waals surface area contributed by atoms with Crippen molar-refractivity contribution in [2.45, 2.75) is 79.8 Å². The van der Waals surface area contributed by atoms with Crippen molar-refractivity contribution in [1.29, 1.82) is 0 Å². The summed E-state index contributed by atoms with van der Waals surface area (Å²) in [5.74, 6) is -2.15. The number of para-hydroxylation sites is 1. The molecular formula is C31H41BrN2O5S. The number of carbonyl (C=O) groups is 3. The van der Waals surface area contributed by atoms with E-state index in [2.05, 4.69) is 29.1 Å². The molecule has 3 aliphatic rings. The number of aryl methyl sites for hydroxylation is 2. The summed E-state index contributed by atoms with van der Waals surface area (Å²) in [7, 11) is 0. The van der Waals surface area contributed by atoms with E-state index in [0.717, 1.165) is 36.1 Å². The number of esters is 1. The summed E-state index contributed by atoms with van der Waals surface area (Å²) >= 11 is 5.39. The first kappa shape index (κ1) is 30.8. The van der Waals surface area contributed by atoms with E-state index >= 15 is 0 Å². The third kappa shape index (κ3) is 5.18. The van der Waals surface area contributed by atoms with Crippen LogP contribution in [0.1, 0.15) is 50.2 Å². The summed E-state index contributed by atoms with van der Waals surface area (Å²) in [6.07, 6.45) is 7.07. The molecule has 2 bridgehead atoms. The maximum Gasteiger partial charge on any atom is 0.310 e. The molecule has 0 saturated carbocycles. The zero-order valence-electron chi connectivity index (χ0n) is 23.7. The highest BCUT2D eigenvalue weighted by Gasteiger charge is 2.76. The molecule has 7 nitrogen and oxygen atoms in total. The predicted molar refractivity (Wildman–Crippen MR) is 164 cm³/mol. The minimum absolute atomic E-state index is 0.0441. The Kier molecular flexibility index (Phi) is 9.89. The third-order valence-electron chi connectivity index (χ3n) is 8.64. The topological polar surface area (TPSA) is 87.2 Å². The van der Waals surface area contributed by atoms with Gasteiger partial charge >= 0.3 is 5.97 Å². The highest BCUT2D eigenvalue weighted by Crippen LogP contribution is 2.68. The number of unbranched alkanes of at least 4 members (excludes halogenated alkanes) is 2. The van der Waals surface area contributed by atoms with Crippen molar-refractivity contribution in [3.63, 3.8) is 0 Å². The Bertz CT molecular complexity index is 1140. The molecule has 3 saturated heterocycles. The van der Waals surface area contributed by atoms with Gasteiger partial charge in [0, 0.05) is 22.3 Å². The Morgan fingerprint density at radius 2 is 1.98 bits per heavy atom. The number of aliphatic hydroxyl groups is 1. The van der Waals surface area contributed by atoms with Crippen LogP contribution in [0.25, 0.3) is 0 Å². The number of thioether (sulfide) groups is 1. The van der Waals surface area contributed by atoms with E-state index in [1.807, 2.05) is 45.0 Å². The quantitative estimate of drug-likeness (QED) is 0.143. The second-order valence-electron chi connectivity index (χ2n) is 11.1. The van der Waals surface area contributed by atoms with Crippen LogP contribution >= 0.6 is 27.7 Å². The van der Waals surface area contributed by atoms with Gasteiger partial charge in [-0.1, -0.05) is 53.2 Å². The lowest BCUT2D eigenvalue weighted by Crippen LogP contribution is -2.58. The lowest BCUT2D eigenvalue weighted by molar-refractivity contribution is -0.154. The Labute approximate surface area is 250 Å². The largest absolute Gasteiger partial charge is 0.465 e. The summed E-state index contributed by atoms with van der Waals surface area (Å²) in [5, 5.41) is 10.2. The van der Waals surface area contributed by atoms with Crippen molar-refractivity contribution in [2.75, 3.05) is 24.7 Å². The van der Waals surface area contributed by atoms with Crippen molar-refractivity contribution < 1.29 is 24.2 Å². The monoisotopic (exact) mass is 632 g/mol. The van der Waals surface area contributed by atoms with Gasteiger partial charge in [-0.15, -0.1) is 24.9 Å². The number of hydrogen-bond donors (Lipinski definition) is 1. The Hall–Kier alpha value is -2.10. The number of aliphatic hydroxyl groups excluding tert-OH is 1. The average Bonchev–Trinajstić information content (AvgIpc) is 3.52. The van der Waals surface area contributed by atoms with Gasteiger partial charge in [-0.25, -0.2) is 0 Å². The molecule has 3 aliphatic heterocycles. The number of ether oxygens (including phenoxy) is 1. The summed E-state index contributed by atoms with van der Waals surface area (Å²) in [6, 6.07) is 4.54. The standard InChI is InChI=1S/C31H41BrN2O5S/c1-6-9-10-11-16-39-30(38)23-24-28(36)34(21(8-3)18-35)27(31(24)17-22(32)26(23)40-31)29(37)33(15-7-2)25-19(4)13-12-14-20(25)5/h6-7,12-14,21-24,26-27,35H,1-2,8-11,15-18H2,3-5H3/t21-,22?,23+,24-,26+,27?,31?/m0/s1. The lowest BCUT2D eigenvalue weighted by atomic mass is 9.71. The fourth-order valence-corrected chi connectivity index (χ4v) is 10.5. The Morgan fingerprint density at radius 3 is 2.58 bits per heavy atom. The summed E-state index contributed by atoms with van der Waals surface area (Å²) in [4.78, 5) is 45.9. The van der Waals surface area contributed by atoms with Gasteiger partial charge in [0.15, 0.2) is 0 Å². The molecule has 0 radical (unpaired) electrons. The zero-order chi connectivity index (χ0) is 29.2. The van der Waals surface area contributed by atoms with E-state index in [0.29, 0.717) is 19.4 Å². The van der Waals surface area contributed by atoms with Crippen LogP contribution < -0.4 is 4.90 Å². The number of benzene rings is 1. The molecule has 4 rings (SSSR count). The van der Waals surface area contributed by atoms with E-state index in [-0.39, 0.29) is 41.0 Å². The van der Waals surface area contributed by atoms with Crippen molar-refractivity contribution in [1.82, 2.24) is 4.90 Å². The van der Waals surface area contributed by atoms with Crippen LogP contribution in [-0.4, -0.2) is 74.5 Å². The average molecular weight is 634 g/mol. The molecule has 40 heavy (non-hydrogen) atoms. The van der Waals surface area contributed by atoms with Gasteiger partial charge in [0.05, 0.1) is 35.8 Å². The minimum atomic E-state index is -0.832. The maximum absolute atomic E-state index is 14.8. The molecule has 7 atom stereocenters. The van der Waals surface area contributed by atoms with Crippen LogP contribution in [0.2, 0.25) is 0 Å². The van der Waals surface area contributed by atoms with E-state index in [4.69, 9.17) is 4.74 Å². The molecule has 1 aromatic carbocycles.